The van der Waals surface area contributed by atoms with E-state index in [4.69, 9.17) is 0 Å². The molecular formula is C20H25N3O3. The van der Waals surface area contributed by atoms with E-state index >= 15 is 0 Å². The van der Waals surface area contributed by atoms with Crippen molar-refractivity contribution in [3.8, 4) is 0 Å². The van der Waals surface area contributed by atoms with Crippen LogP contribution in [0, 0.1) is 19.8 Å². The van der Waals surface area contributed by atoms with Crippen molar-refractivity contribution in [2.24, 2.45) is 5.92 Å². The molecule has 1 N–H and O–H groups in total. The largest absolute Gasteiger partial charge is 0.481 e. The van der Waals surface area contributed by atoms with Crippen molar-refractivity contribution in [2.75, 3.05) is 6.54 Å². The first kappa shape index (κ1) is 18.2. The van der Waals surface area contributed by atoms with E-state index in [1.165, 1.54) is 0 Å². The van der Waals surface area contributed by atoms with Gasteiger partial charge in [-0.2, -0.15) is 5.10 Å². The van der Waals surface area contributed by atoms with Crippen LogP contribution < -0.4 is 0 Å². The van der Waals surface area contributed by atoms with E-state index in [0.29, 0.717) is 12.1 Å². The minimum Gasteiger partial charge on any atom is -0.481 e. The third kappa shape index (κ3) is 4.12. The summed E-state index contributed by atoms with van der Waals surface area (Å²) in [4.78, 5) is 25.9. The molecule has 2 aromatic rings. The first-order valence-corrected chi connectivity index (χ1v) is 8.99. The second kappa shape index (κ2) is 7.32. The maximum atomic E-state index is 13.0. The third-order valence-electron chi connectivity index (χ3n) is 4.75. The monoisotopic (exact) mass is 355 g/mol. The van der Waals surface area contributed by atoms with Crippen molar-refractivity contribution in [2.45, 2.75) is 46.2 Å². The molecule has 1 amide bonds. The molecule has 0 radical (unpaired) electrons. The Morgan fingerprint density at radius 3 is 2.62 bits per heavy atom. The molecule has 3 rings (SSSR count). The van der Waals surface area contributed by atoms with Gasteiger partial charge in [0.25, 0.3) is 5.91 Å². The van der Waals surface area contributed by atoms with Crippen molar-refractivity contribution >= 4 is 11.9 Å². The Bertz CT molecular complexity index is 823. The fraction of sp³-hybridized carbons (Fsp3) is 0.450. The van der Waals surface area contributed by atoms with Crippen LogP contribution in [-0.4, -0.2) is 44.3 Å². The Hall–Kier alpha value is -2.63. The highest BCUT2D eigenvalue weighted by atomic mass is 16.4. The maximum Gasteiger partial charge on any atom is 0.308 e. The zero-order valence-electron chi connectivity index (χ0n) is 15.5. The first-order valence-electron chi connectivity index (χ1n) is 8.99. The normalized spacial score (nSPS) is 14.9. The molecule has 0 saturated heterocycles. The molecule has 0 bridgehead atoms. The lowest BCUT2D eigenvalue weighted by Crippen LogP contribution is -2.38. The average Bonchev–Trinajstić information content (AvgIpc) is 3.38. The average molecular weight is 355 g/mol. The Morgan fingerprint density at radius 2 is 2.04 bits per heavy atom. The van der Waals surface area contributed by atoms with Crippen molar-refractivity contribution in [3.63, 3.8) is 0 Å². The number of amides is 1. The third-order valence-corrected chi connectivity index (χ3v) is 4.75. The number of benzene rings is 1. The standard InChI is InChI=1S/C20H25N3O3/c1-13(20(25)26)11-22(18-7-8-18)19(24)17-6-4-5-16(10-17)12-23-15(3)9-14(2)21-23/h4-6,9-10,13,18H,7-8,11-12H2,1-3H3,(H,25,26)/t13-/m1/s1. The Morgan fingerprint density at radius 1 is 1.31 bits per heavy atom. The van der Waals surface area contributed by atoms with Crippen LogP contribution in [0.1, 0.15) is 47.1 Å². The van der Waals surface area contributed by atoms with Crippen LogP contribution in [0.4, 0.5) is 0 Å². The van der Waals surface area contributed by atoms with Gasteiger partial charge in [0.15, 0.2) is 0 Å². The smallest absolute Gasteiger partial charge is 0.308 e. The van der Waals surface area contributed by atoms with Crippen LogP contribution in [-0.2, 0) is 11.3 Å². The molecule has 138 valence electrons. The minimum atomic E-state index is -0.873. The number of aryl methyl sites for hydroxylation is 2. The van der Waals surface area contributed by atoms with E-state index in [-0.39, 0.29) is 18.5 Å². The molecule has 1 saturated carbocycles. The minimum absolute atomic E-state index is 0.0872. The van der Waals surface area contributed by atoms with Gasteiger partial charge in [-0.25, -0.2) is 0 Å². The van der Waals surface area contributed by atoms with Gasteiger partial charge in [0.1, 0.15) is 0 Å². The quantitative estimate of drug-likeness (QED) is 0.829. The topological polar surface area (TPSA) is 75.4 Å². The van der Waals surface area contributed by atoms with E-state index < -0.39 is 11.9 Å². The summed E-state index contributed by atoms with van der Waals surface area (Å²) in [6, 6.07) is 9.74. The molecule has 1 aromatic heterocycles. The van der Waals surface area contributed by atoms with Gasteiger partial charge in [0, 0.05) is 23.8 Å². The lowest BCUT2D eigenvalue weighted by molar-refractivity contribution is -0.141. The molecule has 6 heteroatoms. The number of hydrogen-bond donors (Lipinski definition) is 1. The number of nitrogens with zero attached hydrogens (tertiary/aromatic N) is 3. The summed E-state index contributed by atoms with van der Waals surface area (Å²) in [7, 11) is 0. The van der Waals surface area contributed by atoms with Crippen LogP contribution >= 0.6 is 0 Å². The summed E-state index contributed by atoms with van der Waals surface area (Å²) in [6.07, 6.45) is 1.90. The van der Waals surface area contributed by atoms with Crippen molar-refractivity contribution in [1.82, 2.24) is 14.7 Å². The molecule has 1 fully saturated rings. The fourth-order valence-electron chi connectivity index (χ4n) is 3.13. The number of rotatable bonds is 7. The van der Waals surface area contributed by atoms with Gasteiger partial charge >= 0.3 is 5.97 Å². The van der Waals surface area contributed by atoms with Crippen LogP contribution in [0.3, 0.4) is 0 Å². The number of aromatic nitrogens is 2. The first-order chi connectivity index (χ1) is 12.3. The molecule has 1 aliphatic rings. The summed E-state index contributed by atoms with van der Waals surface area (Å²) in [5, 5.41) is 13.6. The zero-order chi connectivity index (χ0) is 18.8. The fourth-order valence-corrected chi connectivity index (χ4v) is 3.13. The number of carboxylic acid groups (broad SMARTS) is 1. The highest BCUT2D eigenvalue weighted by molar-refractivity contribution is 5.95. The van der Waals surface area contributed by atoms with Crippen molar-refractivity contribution in [3.05, 3.63) is 52.8 Å². The maximum absolute atomic E-state index is 13.0. The lowest BCUT2D eigenvalue weighted by atomic mass is 10.1. The van der Waals surface area contributed by atoms with Gasteiger partial charge in [0.2, 0.25) is 0 Å². The number of carbonyl (C=O) groups excluding carboxylic acids is 1. The summed E-state index contributed by atoms with van der Waals surface area (Å²) < 4.78 is 1.92. The molecule has 6 nitrogen and oxygen atoms in total. The van der Waals surface area contributed by atoms with Crippen molar-refractivity contribution in [1.29, 1.82) is 0 Å². The highest BCUT2D eigenvalue weighted by Crippen LogP contribution is 2.29. The lowest BCUT2D eigenvalue weighted by Gasteiger charge is -2.24. The number of aliphatic carboxylic acids is 1. The second-order valence-corrected chi connectivity index (χ2v) is 7.21. The summed E-state index contributed by atoms with van der Waals surface area (Å²) in [5.74, 6) is -1.53. The van der Waals surface area contributed by atoms with E-state index in [1.54, 1.807) is 17.9 Å². The molecule has 1 atom stereocenters. The predicted octanol–water partition coefficient (Wildman–Crippen LogP) is 2.87. The van der Waals surface area contributed by atoms with Gasteiger partial charge in [-0.05, 0) is 50.5 Å². The van der Waals surface area contributed by atoms with Gasteiger partial charge in [-0.15, -0.1) is 0 Å². The van der Waals surface area contributed by atoms with Crippen LogP contribution in [0.2, 0.25) is 0 Å². The van der Waals surface area contributed by atoms with E-state index in [0.717, 1.165) is 29.8 Å². The Balaban J connectivity index is 1.78. The van der Waals surface area contributed by atoms with E-state index in [1.807, 2.05) is 42.8 Å². The van der Waals surface area contributed by atoms with E-state index in [2.05, 4.69) is 5.10 Å². The summed E-state index contributed by atoms with van der Waals surface area (Å²) in [6.45, 7) is 6.47. The SMILES string of the molecule is Cc1cc(C)n(Cc2cccc(C(=O)N(C[C@@H](C)C(=O)O)C3CC3)c2)n1. The van der Waals surface area contributed by atoms with Gasteiger partial charge < -0.3 is 10.0 Å². The van der Waals surface area contributed by atoms with Gasteiger partial charge in [-0.1, -0.05) is 19.1 Å². The number of hydrogen-bond acceptors (Lipinski definition) is 3. The van der Waals surface area contributed by atoms with E-state index in [9.17, 15) is 14.7 Å². The summed E-state index contributed by atoms with van der Waals surface area (Å²) >= 11 is 0. The molecule has 26 heavy (non-hydrogen) atoms. The summed E-state index contributed by atoms with van der Waals surface area (Å²) in [5.41, 5.74) is 3.66. The van der Waals surface area contributed by atoms with Gasteiger partial charge in [0.05, 0.1) is 18.2 Å². The zero-order valence-corrected chi connectivity index (χ0v) is 15.5. The predicted molar refractivity (Wildman–Crippen MR) is 98.1 cm³/mol. The molecular weight excluding hydrogens is 330 g/mol. The van der Waals surface area contributed by atoms with Gasteiger partial charge in [-0.3, -0.25) is 14.3 Å². The Labute approximate surface area is 153 Å². The van der Waals surface area contributed by atoms with Crippen LogP contribution in [0.15, 0.2) is 30.3 Å². The second-order valence-electron chi connectivity index (χ2n) is 7.21. The highest BCUT2D eigenvalue weighted by Gasteiger charge is 2.34. The number of carbonyl (C=O) groups is 2. The molecule has 0 aliphatic heterocycles. The number of carboxylic acids is 1. The molecule has 1 heterocycles. The van der Waals surface area contributed by atoms with Crippen molar-refractivity contribution < 1.29 is 14.7 Å². The Kier molecular flexibility index (Phi) is 5.11. The molecule has 0 unspecified atom stereocenters. The molecule has 0 spiro atoms. The van der Waals surface area contributed by atoms with Crippen LogP contribution in [0.25, 0.3) is 0 Å². The molecule has 1 aliphatic carbocycles. The molecule has 1 aromatic carbocycles. The van der Waals surface area contributed by atoms with Crippen LogP contribution in [0.5, 0.6) is 0 Å².